The van der Waals surface area contributed by atoms with Crippen molar-refractivity contribution in [3.05, 3.63) is 133 Å². The highest BCUT2D eigenvalue weighted by Crippen LogP contribution is 2.44. The summed E-state index contributed by atoms with van der Waals surface area (Å²) in [6.07, 6.45) is 0. The summed E-state index contributed by atoms with van der Waals surface area (Å²) in [5, 5.41) is 14.9. The number of para-hydroxylation sites is 4. The predicted molar refractivity (Wildman–Crippen MR) is 162 cm³/mol. The molecule has 8 aromatic rings. The maximum Gasteiger partial charge on any atom is 0.143 e. The molecular weight excluding hydrogens is 490 g/mol. The largest absolute Gasteiger partial charge is 0.455 e. The molecule has 0 unspecified atom stereocenters. The summed E-state index contributed by atoms with van der Waals surface area (Å²) in [5.41, 5.74) is 9.33. The Balaban J connectivity index is 1.49. The Morgan fingerprint density at radius 1 is 0.425 bits per heavy atom. The molecule has 186 valence electrons. The van der Waals surface area contributed by atoms with Crippen molar-refractivity contribution in [1.29, 1.82) is 5.26 Å². The third-order valence-electron chi connectivity index (χ3n) is 7.75. The Labute approximate surface area is 230 Å². The van der Waals surface area contributed by atoms with Gasteiger partial charge in [0.1, 0.15) is 28.4 Å². The lowest BCUT2D eigenvalue weighted by Crippen LogP contribution is -1.93. The molecule has 2 heterocycles. The molecule has 6 aromatic carbocycles. The van der Waals surface area contributed by atoms with Crippen molar-refractivity contribution in [2.45, 2.75) is 0 Å². The summed E-state index contributed by atoms with van der Waals surface area (Å²) in [5.74, 6) is 0. The molecule has 0 radical (unpaired) electrons. The van der Waals surface area contributed by atoms with E-state index in [9.17, 15) is 5.26 Å². The lowest BCUT2D eigenvalue weighted by atomic mass is 9.87. The maximum absolute atomic E-state index is 10.7. The van der Waals surface area contributed by atoms with Gasteiger partial charge in [0.2, 0.25) is 0 Å². The Morgan fingerprint density at radius 3 is 1.43 bits per heavy atom. The van der Waals surface area contributed by atoms with Crippen LogP contribution in [0.25, 0.3) is 77.3 Å². The zero-order valence-electron chi connectivity index (χ0n) is 21.4. The second-order valence-electron chi connectivity index (χ2n) is 9.99. The van der Waals surface area contributed by atoms with Crippen LogP contribution < -0.4 is 0 Å². The molecule has 0 amide bonds. The summed E-state index contributed by atoms with van der Waals surface area (Å²) >= 11 is 0. The molecule has 0 atom stereocenters. The van der Waals surface area contributed by atoms with Crippen LogP contribution in [0.4, 0.5) is 0 Å². The molecule has 8 rings (SSSR count). The Bertz CT molecular complexity index is 2140. The topological polar surface area (TPSA) is 50.1 Å². The van der Waals surface area contributed by atoms with Gasteiger partial charge in [0.25, 0.3) is 0 Å². The van der Waals surface area contributed by atoms with Gasteiger partial charge in [-0.2, -0.15) is 5.26 Å². The normalized spacial score (nSPS) is 11.5. The smallest absolute Gasteiger partial charge is 0.143 e. The summed E-state index contributed by atoms with van der Waals surface area (Å²) in [6.45, 7) is 0. The van der Waals surface area contributed by atoms with Crippen LogP contribution in [0.2, 0.25) is 0 Å². The minimum Gasteiger partial charge on any atom is -0.455 e. The fraction of sp³-hybridized carbons (Fsp3) is 0. The van der Waals surface area contributed by atoms with E-state index in [0.29, 0.717) is 5.56 Å². The van der Waals surface area contributed by atoms with Crippen LogP contribution >= 0.6 is 0 Å². The SMILES string of the molecule is N#Cc1c(-c2cccc3c2oc2ccccc23)cc(-c2ccccc2)cc1-c1cccc2c1oc1ccccc12. The molecule has 0 N–H and O–H groups in total. The number of nitrogens with zero attached hydrogens (tertiary/aromatic N) is 1. The molecule has 3 nitrogen and oxygen atoms in total. The van der Waals surface area contributed by atoms with Crippen molar-refractivity contribution in [3.63, 3.8) is 0 Å². The van der Waals surface area contributed by atoms with Crippen molar-refractivity contribution in [2.24, 2.45) is 0 Å². The maximum atomic E-state index is 10.7. The van der Waals surface area contributed by atoms with E-state index in [4.69, 9.17) is 8.83 Å². The second kappa shape index (κ2) is 8.73. The lowest BCUT2D eigenvalue weighted by molar-refractivity contribution is 0.670. The number of benzene rings is 6. The van der Waals surface area contributed by atoms with E-state index in [1.807, 2.05) is 78.9 Å². The van der Waals surface area contributed by atoms with Gasteiger partial charge in [-0.3, -0.25) is 0 Å². The first-order chi connectivity index (χ1) is 19.8. The first-order valence-corrected chi connectivity index (χ1v) is 13.2. The summed E-state index contributed by atoms with van der Waals surface area (Å²) < 4.78 is 12.8. The number of hydrogen-bond donors (Lipinski definition) is 0. The van der Waals surface area contributed by atoms with Crippen molar-refractivity contribution >= 4 is 43.9 Å². The Kier molecular flexibility index (Phi) is 4.89. The van der Waals surface area contributed by atoms with Crippen molar-refractivity contribution in [2.75, 3.05) is 0 Å². The third-order valence-corrected chi connectivity index (χ3v) is 7.75. The number of furan rings is 2. The molecule has 0 aliphatic carbocycles. The minimum absolute atomic E-state index is 0.584. The fourth-order valence-electron chi connectivity index (χ4n) is 5.90. The Hall–Kier alpha value is -5.59. The monoisotopic (exact) mass is 511 g/mol. The average Bonchev–Trinajstić information content (AvgIpc) is 3.59. The van der Waals surface area contributed by atoms with Gasteiger partial charge in [0, 0.05) is 43.8 Å². The van der Waals surface area contributed by atoms with Crippen LogP contribution in [-0.4, -0.2) is 0 Å². The van der Waals surface area contributed by atoms with Gasteiger partial charge in [0.15, 0.2) is 0 Å². The first-order valence-electron chi connectivity index (χ1n) is 13.2. The molecule has 2 aromatic heterocycles. The minimum atomic E-state index is 0.584. The molecular formula is C37H21NO2. The van der Waals surface area contributed by atoms with Gasteiger partial charge in [0.05, 0.1) is 5.56 Å². The first kappa shape index (κ1) is 22.4. The molecule has 0 fully saturated rings. The molecule has 0 saturated heterocycles. The van der Waals surface area contributed by atoms with Gasteiger partial charge < -0.3 is 8.83 Å². The molecule has 0 spiro atoms. The van der Waals surface area contributed by atoms with Gasteiger partial charge in [-0.15, -0.1) is 0 Å². The lowest BCUT2D eigenvalue weighted by Gasteiger charge is -2.15. The van der Waals surface area contributed by atoms with E-state index in [1.165, 1.54) is 0 Å². The zero-order valence-corrected chi connectivity index (χ0v) is 21.4. The van der Waals surface area contributed by atoms with Crippen molar-refractivity contribution < 1.29 is 8.83 Å². The van der Waals surface area contributed by atoms with E-state index >= 15 is 0 Å². The molecule has 40 heavy (non-hydrogen) atoms. The van der Waals surface area contributed by atoms with Crippen molar-refractivity contribution in [1.82, 2.24) is 0 Å². The number of hydrogen-bond acceptors (Lipinski definition) is 3. The number of nitriles is 1. The number of rotatable bonds is 3. The van der Waals surface area contributed by atoms with Gasteiger partial charge in [-0.25, -0.2) is 0 Å². The highest BCUT2D eigenvalue weighted by atomic mass is 16.3. The molecule has 0 saturated carbocycles. The van der Waals surface area contributed by atoms with Crippen LogP contribution in [0.15, 0.2) is 136 Å². The van der Waals surface area contributed by atoms with Gasteiger partial charge >= 0.3 is 0 Å². The molecule has 0 aliphatic heterocycles. The zero-order chi connectivity index (χ0) is 26.6. The average molecular weight is 512 g/mol. The summed E-state index contributed by atoms with van der Waals surface area (Å²) in [6, 6.07) is 45.5. The van der Waals surface area contributed by atoms with Crippen LogP contribution in [0.5, 0.6) is 0 Å². The van der Waals surface area contributed by atoms with E-state index in [0.717, 1.165) is 77.3 Å². The second-order valence-corrected chi connectivity index (χ2v) is 9.99. The van der Waals surface area contributed by atoms with Crippen LogP contribution in [-0.2, 0) is 0 Å². The van der Waals surface area contributed by atoms with Crippen LogP contribution in [0, 0.1) is 11.3 Å². The predicted octanol–water partition coefficient (Wildman–Crippen LogP) is 10.4. The summed E-state index contributed by atoms with van der Waals surface area (Å²) in [7, 11) is 0. The molecule has 3 heteroatoms. The fourth-order valence-corrected chi connectivity index (χ4v) is 5.90. The molecule has 0 bridgehead atoms. The summed E-state index contributed by atoms with van der Waals surface area (Å²) in [4.78, 5) is 0. The van der Waals surface area contributed by atoms with E-state index < -0.39 is 0 Å². The third kappa shape index (κ3) is 3.30. The number of fused-ring (bicyclic) bond motifs is 6. The van der Waals surface area contributed by atoms with Gasteiger partial charge in [-0.05, 0) is 35.4 Å². The standard InChI is InChI=1S/C37H21NO2/c38-22-33-31(29-16-8-14-27-25-12-4-6-18-34(25)39-36(27)29)20-24(23-10-2-1-3-11-23)21-32(33)30-17-9-15-28-26-13-5-7-19-35(26)40-37(28)30/h1-21H. The Morgan fingerprint density at radius 2 is 0.900 bits per heavy atom. The quantitative estimate of drug-likeness (QED) is 0.237. The van der Waals surface area contributed by atoms with Crippen LogP contribution in [0.1, 0.15) is 5.56 Å². The van der Waals surface area contributed by atoms with E-state index in [-0.39, 0.29) is 0 Å². The van der Waals surface area contributed by atoms with Crippen molar-refractivity contribution in [3.8, 4) is 39.4 Å². The van der Waals surface area contributed by atoms with Crippen LogP contribution in [0.3, 0.4) is 0 Å². The molecule has 0 aliphatic rings. The van der Waals surface area contributed by atoms with E-state index in [2.05, 4.69) is 54.6 Å². The highest BCUT2D eigenvalue weighted by Gasteiger charge is 2.21. The highest BCUT2D eigenvalue weighted by molar-refractivity contribution is 6.12. The van der Waals surface area contributed by atoms with Gasteiger partial charge in [-0.1, -0.05) is 103 Å². The van der Waals surface area contributed by atoms with E-state index in [1.54, 1.807) is 0 Å².